The third-order valence-electron chi connectivity index (χ3n) is 2.29. The molecular weight excluding hydrogens is 242 g/mol. The van der Waals surface area contributed by atoms with Gasteiger partial charge in [-0.1, -0.05) is 12.1 Å². The van der Waals surface area contributed by atoms with Crippen molar-refractivity contribution in [3.05, 3.63) is 36.7 Å². The number of nitrogens with one attached hydrogen (secondary N) is 3. The monoisotopic (exact) mass is 253 g/mol. The molecule has 2 rings (SSSR count). The minimum atomic E-state index is -0.378. The number of nitriles is 1. The summed E-state index contributed by atoms with van der Waals surface area (Å²) in [4.78, 5) is 7.14. The van der Waals surface area contributed by atoms with E-state index in [4.69, 9.17) is 16.4 Å². The number of benzene rings is 1. The van der Waals surface area contributed by atoms with Crippen LogP contribution in [0.2, 0.25) is 0 Å². The van der Waals surface area contributed by atoms with Crippen LogP contribution in [0, 0.1) is 16.7 Å². The first-order valence-electron chi connectivity index (χ1n) is 5.38. The standard InChI is InChI=1S/C12H11N7/c13-7-10(11(14)15)19-18-9-3-1-2-8(6-9)12-16-4-5-17-12/h1-6,18H,(H3,14,15)(H,16,17)/b19-10+. The highest BCUT2D eigenvalue weighted by atomic mass is 15.3. The molecule has 7 heteroatoms. The zero-order valence-electron chi connectivity index (χ0n) is 9.88. The number of nitrogens with zero attached hydrogens (tertiary/aromatic N) is 3. The summed E-state index contributed by atoms with van der Waals surface area (Å²) in [6, 6.07) is 9.05. The van der Waals surface area contributed by atoms with Crippen LogP contribution in [0.1, 0.15) is 0 Å². The van der Waals surface area contributed by atoms with Gasteiger partial charge in [0.2, 0.25) is 5.71 Å². The molecule has 0 radical (unpaired) electrons. The van der Waals surface area contributed by atoms with Crippen LogP contribution >= 0.6 is 0 Å². The number of H-pyrrole nitrogens is 1. The average Bonchev–Trinajstić information content (AvgIpc) is 2.93. The molecule has 0 saturated heterocycles. The summed E-state index contributed by atoms with van der Waals surface area (Å²) in [7, 11) is 0. The number of imidazole rings is 1. The van der Waals surface area contributed by atoms with E-state index in [0.717, 1.165) is 11.4 Å². The molecule has 1 aromatic heterocycles. The maximum Gasteiger partial charge on any atom is 0.201 e. The molecule has 1 heterocycles. The SMILES string of the molecule is N#C/C(=N\Nc1cccc(-c2ncc[nH]2)c1)C(=N)N. The van der Waals surface area contributed by atoms with Gasteiger partial charge >= 0.3 is 0 Å². The van der Waals surface area contributed by atoms with Gasteiger partial charge < -0.3 is 10.7 Å². The predicted molar refractivity (Wildman–Crippen MR) is 72.6 cm³/mol. The number of aromatic amines is 1. The number of aromatic nitrogens is 2. The fourth-order valence-corrected chi connectivity index (χ4v) is 1.43. The van der Waals surface area contributed by atoms with Crippen molar-refractivity contribution < 1.29 is 0 Å². The zero-order chi connectivity index (χ0) is 13.7. The molecule has 0 spiro atoms. The second kappa shape index (κ2) is 5.46. The quantitative estimate of drug-likeness (QED) is 0.372. The van der Waals surface area contributed by atoms with Crippen LogP contribution in [-0.2, 0) is 0 Å². The molecule has 0 unspecified atom stereocenters. The van der Waals surface area contributed by atoms with Crippen molar-refractivity contribution in [2.45, 2.75) is 0 Å². The van der Waals surface area contributed by atoms with E-state index in [1.807, 2.05) is 18.2 Å². The molecule has 0 saturated carbocycles. The van der Waals surface area contributed by atoms with Crippen molar-refractivity contribution in [1.29, 1.82) is 10.7 Å². The smallest absolute Gasteiger partial charge is 0.201 e. The van der Waals surface area contributed by atoms with E-state index < -0.39 is 0 Å². The highest BCUT2D eigenvalue weighted by Gasteiger charge is 2.03. The van der Waals surface area contributed by atoms with E-state index in [2.05, 4.69) is 20.5 Å². The maximum absolute atomic E-state index is 8.72. The number of hydrogen-bond acceptors (Lipinski definition) is 5. The second-order valence-electron chi connectivity index (χ2n) is 3.62. The summed E-state index contributed by atoms with van der Waals surface area (Å²) in [5.41, 5.74) is 9.26. The van der Waals surface area contributed by atoms with Gasteiger partial charge in [0, 0.05) is 18.0 Å². The van der Waals surface area contributed by atoms with Crippen LogP contribution in [0.25, 0.3) is 11.4 Å². The molecule has 94 valence electrons. The number of anilines is 1. The lowest BCUT2D eigenvalue weighted by atomic mass is 10.2. The Morgan fingerprint density at radius 1 is 1.53 bits per heavy atom. The highest BCUT2D eigenvalue weighted by molar-refractivity contribution is 6.45. The maximum atomic E-state index is 8.72. The number of amidine groups is 1. The molecule has 1 aromatic carbocycles. The van der Waals surface area contributed by atoms with E-state index >= 15 is 0 Å². The van der Waals surface area contributed by atoms with Crippen molar-refractivity contribution in [3.8, 4) is 17.5 Å². The summed E-state index contributed by atoms with van der Waals surface area (Å²) >= 11 is 0. The fourth-order valence-electron chi connectivity index (χ4n) is 1.43. The second-order valence-corrected chi connectivity index (χ2v) is 3.62. The molecule has 0 aliphatic heterocycles. The number of nitrogens with two attached hydrogens (primary N) is 1. The lowest BCUT2D eigenvalue weighted by Gasteiger charge is -2.03. The lowest BCUT2D eigenvalue weighted by molar-refractivity contribution is 1.29. The van der Waals surface area contributed by atoms with Gasteiger partial charge in [0.1, 0.15) is 11.9 Å². The van der Waals surface area contributed by atoms with Crippen molar-refractivity contribution in [2.24, 2.45) is 10.8 Å². The summed E-state index contributed by atoms with van der Waals surface area (Å²) in [5, 5.41) is 19.6. The van der Waals surface area contributed by atoms with E-state index in [9.17, 15) is 0 Å². The van der Waals surface area contributed by atoms with E-state index in [0.29, 0.717) is 5.69 Å². The topological polar surface area (TPSA) is 127 Å². The number of hydrogen-bond donors (Lipinski definition) is 4. The van der Waals surface area contributed by atoms with Crippen molar-refractivity contribution in [1.82, 2.24) is 9.97 Å². The largest absolute Gasteiger partial charge is 0.382 e. The van der Waals surface area contributed by atoms with Gasteiger partial charge in [-0.05, 0) is 12.1 Å². The molecule has 0 fully saturated rings. The van der Waals surface area contributed by atoms with Crippen LogP contribution in [0.4, 0.5) is 5.69 Å². The fraction of sp³-hybridized carbons (Fsp3) is 0. The molecule has 7 nitrogen and oxygen atoms in total. The minimum Gasteiger partial charge on any atom is -0.382 e. The molecule has 0 amide bonds. The van der Waals surface area contributed by atoms with Gasteiger partial charge in [-0.25, -0.2) is 4.98 Å². The van der Waals surface area contributed by atoms with Crippen LogP contribution in [0.15, 0.2) is 41.8 Å². The molecule has 5 N–H and O–H groups in total. The molecule has 0 aliphatic carbocycles. The molecule has 2 aromatic rings. The van der Waals surface area contributed by atoms with Gasteiger partial charge in [0.05, 0.1) is 5.69 Å². The van der Waals surface area contributed by atoms with E-state index in [-0.39, 0.29) is 11.5 Å². The number of hydrazone groups is 1. The van der Waals surface area contributed by atoms with Crippen LogP contribution in [0.3, 0.4) is 0 Å². The van der Waals surface area contributed by atoms with Gasteiger partial charge in [0.25, 0.3) is 0 Å². The molecule has 0 bridgehead atoms. The Labute approximate surface area is 109 Å². The van der Waals surface area contributed by atoms with Crippen molar-refractivity contribution >= 4 is 17.2 Å². The first-order chi connectivity index (χ1) is 9.20. The van der Waals surface area contributed by atoms with Crippen LogP contribution < -0.4 is 11.2 Å². The number of rotatable bonds is 4. The first-order valence-corrected chi connectivity index (χ1v) is 5.38. The van der Waals surface area contributed by atoms with E-state index in [1.54, 1.807) is 24.5 Å². The average molecular weight is 253 g/mol. The lowest BCUT2D eigenvalue weighted by Crippen LogP contribution is -2.21. The van der Waals surface area contributed by atoms with Gasteiger partial charge in [-0.15, -0.1) is 0 Å². The molecule has 19 heavy (non-hydrogen) atoms. The third kappa shape index (κ3) is 2.95. The summed E-state index contributed by atoms with van der Waals surface area (Å²) in [6.07, 6.45) is 3.40. The summed E-state index contributed by atoms with van der Waals surface area (Å²) < 4.78 is 0. The predicted octanol–water partition coefficient (Wildman–Crippen LogP) is 1.30. The van der Waals surface area contributed by atoms with Gasteiger partial charge in [-0.2, -0.15) is 10.4 Å². The summed E-state index contributed by atoms with van der Waals surface area (Å²) in [6.45, 7) is 0. The Kier molecular flexibility index (Phi) is 3.54. The van der Waals surface area contributed by atoms with Gasteiger partial charge in [-0.3, -0.25) is 10.8 Å². The normalized spacial score (nSPS) is 10.8. The molecule has 0 aliphatic rings. The van der Waals surface area contributed by atoms with Gasteiger partial charge in [0.15, 0.2) is 5.84 Å². The summed E-state index contributed by atoms with van der Waals surface area (Å²) in [5.74, 6) is 0.358. The molecular formula is C12H11N7. The Bertz CT molecular complexity index is 649. The first kappa shape index (κ1) is 12.3. The van der Waals surface area contributed by atoms with Crippen molar-refractivity contribution in [3.63, 3.8) is 0 Å². The highest BCUT2D eigenvalue weighted by Crippen LogP contribution is 2.18. The Balaban J connectivity index is 2.21. The molecule has 0 atom stereocenters. The zero-order valence-corrected chi connectivity index (χ0v) is 9.88. The van der Waals surface area contributed by atoms with Crippen molar-refractivity contribution in [2.75, 3.05) is 5.43 Å². The Morgan fingerprint density at radius 3 is 3.00 bits per heavy atom. The minimum absolute atomic E-state index is 0.164. The van der Waals surface area contributed by atoms with E-state index in [1.165, 1.54) is 0 Å². The Morgan fingerprint density at radius 2 is 2.37 bits per heavy atom. The Hall–Kier alpha value is -3.14. The van der Waals surface area contributed by atoms with Crippen LogP contribution in [-0.4, -0.2) is 21.5 Å². The van der Waals surface area contributed by atoms with Crippen LogP contribution in [0.5, 0.6) is 0 Å². The third-order valence-corrected chi connectivity index (χ3v) is 2.29.